The van der Waals surface area contributed by atoms with Crippen LogP contribution in [0, 0.1) is 5.92 Å². The summed E-state index contributed by atoms with van der Waals surface area (Å²) < 4.78 is 24.9. The standard InChI is InChI=1S/C16H31N3O3S/c1-23(21,22)18-12-9-15-4-2-3-13-19(15)16(20)6-5-14-7-10-17-11-8-14/h14-15,17-18H,2-13H2,1H3. The second-order valence-electron chi connectivity index (χ2n) is 6.92. The Bertz CT molecular complexity index is 475. The first-order chi connectivity index (χ1) is 11.0. The van der Waals surface area contributed by atoms with E-state index in [0.717, 1.165) is 45.3 Å². The summed E-state index contributed by atoms with van der Waals surface area (Å²) in [6, 6.07) is 0.193. The van der Waals surface area contributed by atoms with Crippen molar-refractivity contribution in [3.05, 3.63) is 0 Å². The Hall–Kier alpha value is -0.660. The molecule has 0 aliphatic carbocycles. The first kappa shape index (κ1) is 18.7. The van der Waals surface area contributed by atoms with Crippen LogP contribution < -0.4 is 10.0 Å². The first-order valence-electron chi connectivity index (χ1n) is 8.90. The van der Waals surface area contributed by atoms with E-state index in [4.69, 9.17) is 0 Å². The van der Waals surface area contributed by atoms with Crippen molar-refractivity contribution in [3.63, 3.8) is 0 Å². The van der Waals surface area contributed by atoms with E-state index in [0.29, 0.717) is 25.3 Å². The molecular weight excluding hydrogens is 314 g/mol. The van der Waals surface area contributed by atoms with E-state index in [-0.39, 0.29) is 11.9 Å². The number of nitrogens with zero attached hydrogens (tertiary/aromatic N) is 1. The molecule has 2 heterocycles. The van der Waals surface area contributed by atoms with Crippen molar-refractivity contribution in [1.82, 2.24) is 14.9 Å². The van der Waals surface area contributed by atoms with Crippen LogP contribution in [0.25, 0.3) is 0 Å². The molecule has 0 saturated carbocycles. The molecule has 6 nitrogen and oxygen atoms in total. The van der Waals surface area contributed by atoms with Crippen LogP contribution in [0.15, 0.2) is 0 Å². The number of carbonyl (C=O) groups excluding carboxylic acids is 1. The largest absolute Gasteiger partial charge is 0.340 e. The highest BCUT2D eigenvalue weighted by Crippen LogP contribution is 2.23. The molecular formula is C16H31N3O3S. The average molecular weight is 346 g/mol. The van der Waals surface area contributed by atoms with Crippen molar-refractivity contribution in [2.45, 2.75) is 57.4 Å². The van der Waals surface area contributed by atoms with E-state index in [1.54, 1.807) is 0 Å². The van der Waals surface area contributed by atoms with Crippen LogP contribution in [-0.2, 0) is 14.8 Å². The van der Waals surface area contributed by atoms with Crippen molar-refractivity contribution >= 4 is 15.9 Å². The normalized spacial score (nSPS) is 23.9. The molecule has 2 rings (SSSR count). The Labute approximate surface area is 140 Å². The summed E-state index contributed by atoms with van der Waals surface area (Å²) >= 11 is 0. The lowest BCUT2D eigenvalue weighted by Gasteiger charge is -2.36. The summed E-state index contributed by atoms with van der Waals surface area (Å²) in [6.07, 6.45) is 9.05. The predicted octanol–water partition coefficient (Wildman–Crippen LogP) is 1.09. The third kappa shape index (κ3) is 6.77. The zero-order chi connectivity index (χ0) is 16.7. The van der Waals surface area contributed by atoms with Gasteiger partial charge in [-0.05, 0) is 64.0 Å². The van der Waals surface area contributed by atoms with Crippen LogP contribution in [0.2, 0.25) is 0 Å². The van der Waals surface area contributed by atoms with Gasteiger partial charge in [-0.25, -0.2) is 13.1 Å². The van der Waals surface area contributed by atoms with Crippen molar-refractivity contribution < 1.29 is 13.2 Å². The van der Waals surface area contributed by atoms with Gasteiger partial charge in [-0.2, -0.15) is 0 Å². The molecule has 1 amide bonds. The maximum absolute atomic E-state index is 12.6. The number of hydrogen-bond acceptors (Lipinski definition) is 4. The number of carbonyl (C=O) groups is 1. The number of sulfonamides is 1. The van der Waals surface area contributed by atoms with E-state index >= 15 is 0 Å². The molecule has 2 aliphatic rings. The van der Waals surface area contributed by atoms with Gasteiger partial charge in [0.2, 0.25) is 15.9 Å². The monoisotopic (exact) mass is 345 g/mol. The minimum absolute atomic E-state index is 0.193. The van der Waals surface area contributed by atoms with Gasteiger partial charge in [0, 0.05) is 25.6 Å². The number of hydrogen-bond donors (Lipinski definition) is 2. The molecule has 1 atom stereocenters. The quantitative estimate of drug-likeness (QED) is 0.724. The number of piperidine rings is 2. The molecule has 0 aromatic heterocycles. The fraction of sp³-hybridized carbons (Fsp3) is 0.938. The van der Waals surface area contributed by atoms with Gasteiger partial charge in [-0.3, -0.25) is 4.79 Å². The van der Waals surface area contributed by atoms with Gasteiger partial charge in [0.05, 0.1) is 6.26 Å². The van der Waals surface area contributed by atoms with Gasteiger partial charge in [0.1, 0.15) is 0 Å². The van der Waals surface area contributed by atoms with Crippen LogP contribution in [-0.4, -0.2) is 57.7 Å². The third-order valence-electron chi connectivity index (χ3n) is 5.01. The number of nitrogens with one attached hydrogen (secondary N) is 2. The van der Waals surface area contributed by atoms with Crippen LogP contribution in [0.3, 0.4) is 0 Å². The van der Waals surface area contributed by atoms with Crippen LogP contribution in [0.4, 0.5) is 0 Å². The maximum Gasteiger partial charge on any atom is 0.222 e. The SMILES string of the molecule is CS(=O)(=O)NCCC1CCCCN1C(=O)CCC1CCNCC1. The topological polar surface area (TPSA) is 78.5 Å². The zero-order valence-corrected chi connectivity index (χ0v) is 15.0. The molecule has 0 aromatic rings. The highest BCUT2D eigenvalue weighted by molar-refractivity contribution is 7.88. The zero-order valence-electron chi connectivity index (χ0n) is 14.2. The van der Waals surface area contributed by atoms with Gasteiger partial charge in [0.25, 0.3) is 0 Å². The van der Waals surface area contributed by atoms with E-state index in [2.05, 4.69) is 10.0 Å². The minimum Gasteiger partial charge on any atom is -0.340 e. The van der Waals surface area contributed by atoms with Crippen molar-refractivity contribution in [3.8, 4) is 0 Å². The first-order valence-corrected chi connectivity index (χ1v) is 10.8. The van der Waals surface area contributed by atoms with E-state index in [1.165, 1.54) is 19.1 Å². The molecule has 2 saturated heterocycles. The van der Waals surface area contributed by atoms with Crippen molar-refractivity contribution in [2.75, 3.05) is 32.4 Å². The fourth-order valence-corrected chi connectivity index (χ4v) is 4.17. The lowest BCUT2D eigenvalue weighted by atomic mass is 9.92. The van der Waals surface area contributed by atoms with Gasteiger partial charge in [0.15, 0.2) is 0 Å². The minimum atomic E-state index is -3.15. The highest BCUT2D eigenvalue weighted by Gasteiger charge is 2.27. The molecule has 0 bridgehead atoms. The van der Waals surface area contributed by atoms with Gasteiger partial charge < -0.3 is 10.2 Å². The molecule has 1 unspecified atom stereocenters. The summed E-state index contributed by atoms with van der Waals surface area (Å²) in [7, 11) is -3.15. The Morgan fingerprint density at radius 2 is 1.91 bits per heavy atom. The Morgan fingerprint density at radius 1 is 1.17 bits per heavy atom. The Balaban J connectivity index is 1.78. The summed E-state index contributed by atoms with van der Waals surface area (Å²) in [5.41, 5.74) is 0. The second-order valence-corrected chi connectivity index (χ2v) is 8.76. The van der Waals surface area contributed by atoms with Crippen LogP contribution in [0.1, 0.15) is 51.4 Å². The molecule has 0 radical (unpaired) electrons. The Kier molecular flexibility index (Phi) is 7.30. The molecule has 2 N–H and O–H groups in total. The summed E-state index contributed by atoms with van der Waals surface area (Å²) in [6.45, 7) is 3.39. The predicted molar refractivity (Wildman–Crippen MR) is 91.6 cm³/mol. The van der Waals surface area contributed by atoms with E-state index < -0.39 is 10.0 Å². The van der Waals surface area contributed by atoms with Crippen LogP contribution >= 0.6 is 0 Å². The molecule has 0 spiro atoms. The van der Waals surface area contributed by atoms with Crippen molar-refractivity contribution in [1.29, 1.82) is 0 Å². The number of rotatable bonds is 7. The lowest BCUT2D eigenvalue weighted by Crippen LogP contribution is -2.45. The number of amides is 1. The second kappa shape index (κ2) is 8.99. The van der Waals surface area contributed by atoms with Gasteiger partial charge >= 0.3 is 0 Å². The molecule has 2 fully saturated rings. The molecule has 134 valence electrons. The summed E-state index contributed by atoms with van der Waals surface area (Å²) in [5, 5.41) is 3.36. The summed E-state index contributed by atoms with van der Waals surface area (Å²) in [4.78, 5) is 14.6. The van der Waals surface area contributed by atoms with Gasteiger partial charge in [-0.1, -0.05) is 0 Å². The van der Waals surface area contributed by atoms with Gasteiger partial charge in [-0.15, -0.1) is 0 Å². The third-order valence-corrected chi connectivity index (χ3v) is 5.74. The van der Waals surface area contributed by atoms with E-state index in [1.807, 2.05) is 4.90 Å². The Morgan fingerprint density at radius 3 is 2.61 bits per heavy atom. The fourth-order valence-electron chi connectivity index (χ4n) is 3.68. The highest BCUT2D eigenvalue weighted by atomic mass is 32.2. The molecule has 0 aromatic carbocycles. The average Bonchev–Trinajstić information content (AvgIpc) is 2.53. The van der Waals surface area contributed by atoms with Crippen LogP contribution in [0.5, 0.6) is 0 Å². The van der Waals surface area contributed by atoms with Crippen molar-refractivity contribution in [2.24, 2.45) is 5.92 Å². The maximum atomic E-state index is 12.6. The molecule has 2 aliphatic heterocycles. The molecule has 7 heteroatoms. The molecule has 23 heavy (non-hydrogen) atoms. The number of likely N-dealkylation sites (tertiary alicyclic amines) is 1. The summed E-state index contributed by atoms with van der Waals surface area (Å²) in [5.74, 6) is 0.933. The van der Waals surface area contributed by atoms with E-state index in [9.17, 15) is 13.2 Å². The smallest absolute Gasteiger partial charge is 0.222 e. The lowest BCUT2D eigenvalue weighted by molar-refractivity contribution is -0.135.